The van der Waals surface area contributed by atoms with Crippen LogP contribution in [0.25, 0.3) is 97.9 Å². The number of hydrogen-bond donors (Lipinski definition) is 0. The Kier molecular flexibility index (Phi) is 7.04. The Morgan fingerprint density at radius 2 is 0.882 bits per heavy atom. The van der Waals surface area contributed by atoms with Gasteiger partial charge in [0, 0.05) is 36.9 Å². The molecule has 0 bridgehead atoms. The summed E-state index contributed by atoms with van der Waals surface area (Å²) in [5.74, 6) is 0.715. The first-order valence-electron chi connectivity index (χ1n) is 17.2. The smallest absolute Gasteiger partial charge is 0.161 e. The highest BCUT2D eigenvalue weighted by Gasteiger charge is 2.16. The van der Waals surface area contributed by atoms with E-state index in [0.717, 1.165) is 44.6 Å². The third-order valence-electron chi connectivity index (χ3n) is 9.87. The van der Waals surface area contributed by atoms with Gasteiger partial charge in [0.1, 0.15) is 0 Å². The van der Waals surface area contributed by atoms with E-state index in [1.165, 1.54) is 47.5 Å². The number of benzene rings is 8. The van der Waals surface area contributed by atoms with Gasteiger partial charge < -0.3 is 0 Å². The Morgan fingerprint density at radius 1 is 0.314 bits per heavy atom. The topological polar surface area (TPSA) is 25.8 Å². The Bertz CT molecular complexity index is 2910. The number of hydrogen-bond acceptors (Lipinski definition) is 3. The van der Waals surface area contributed by atoms with Gasteiger partial charge in [-0.3, -0.25) is 0 Å². The highest BCUT2D eigenvalue weighted by Crippen LogP contribution is 2.40. The summed E-state index contributed by atoms with van der Waals surface area (Å²) >= 11 is 1.85. The van der Waals surface area contributed by atoms with E-state index in [1.54, 1.807) is 0 Å². The zero-order chi connectivity index (χ0) is 33.7. The highest BCUT2D eigenvalue weighted by atomic mass is 32.1. The van der Waals surface area contributed by atoms with E-state index >= 15 is 0 Å². The Morgan fingerprint density at radius 3 is 1.67 bits per heavy atom. The van der Waals surface area contributed by atoms with Gasteiger partial charge in [0.2, 0.25) is 0 Å². The predicted molar refractivity (Wildman–Crippen MR) is 217 cm³/mol. The third kappa shape index (κ3) is 5.27. The molecule has 0 fully saturated rings. The molecule has 10 aromatic rings. The minimum Gasteiger partial charge on any atom is -0.228 e. The van der Waals surface area contributed by atoms with E-state index in [0.29, 0.717) is 5.82 Å². The van der Waals surface area contributed by atoms with Gasteiger partial charge >= 0.3 is 0 Å². The first-order chi connectivity index (χ1) is 25.2. The fraction of sp³-hybridized carbons (Fsp3) is 0. The summed E-state index contributed by atoms with van der Waals surface area (Å²) in [5.41, 5.74) is 9.60. The first-order valence-corrected chi connectivity index (χ1v) is 18.0. The zero-order valence-electron chi connectivity index (χ0n) is 27.6. The number of thiophene rings is 1. The first kappa shape index (κ1) is 29.5. The molecule has 10 rings (SSSR count). The lowest BCUT2D eigenvalue weighted by atomic mass is 9.92. The van der Waals surface area contributed by atoms with E-state index in [9.17, 15) is 0 Å². The van der Waals surface area contributed by atoms with Gasteiger partial charge in [0.25, 0.3) is 0 Å². The SMILES string of the molecule is c1ccc(-c2cc(-c3cc(-c4ccc5c(c4)sc4ccccc45)cc(-c4cccc5ccccc45)c3)nc(-c3cccc4ccccc34)n2)cc1. The third-order valence-corrected chi connectivity index (χ3v) is 11.0. The molecule has 2 aromatic heterocycles. The molecule has 0 saturated heterocycles. The average Bonchev–Trinajstić information content (AvgIpc) is 3.58. The molecule has 0 amide bonds. The fourth-order valence-electron chi connectivity index (χ4n) is 7.37. The maximum absolute atomic E-state index is 5.35. The zero-order valence-corrected chi connectivity index (χ0v) is 28.4. The lowest BCUT2D eigenvalue weighted by Gasteiger charge is -2.15. The molecule has 3 heteroatoms. The molecule has 0 radical (unpaired) electrons. The van der Waals surface area contributed by atoms with Gasteiger partial charge in [-0.2, -0.15) is 0 Å². The van der Waals surface area contributed by atoms with Crippen molar-refractivity contribution in [3.8, 4) is 56.2 Å². The van der Waals surface area contributed by atoms with Crippen molar-refractivity contribution in [1.82, 2.24) is 9.97 Å². The Hall–Kier alpha value is -6.42. The van der Waals surface area contributed by atoms with Crippen molar-refractivity contribution in [3.05, 3.63) is 182 Å². The second kappa shape index (κ2) is 12.2. The second-order valence-electron chi connectivity index (χ2n) is 13.0. The van der Waals surface area contributed by atoms with E-state index < -0.39 is 0 Å². The molecular formula is C48H30N2S. The van der Waals surface area contributed by atoms with Crippen LogP contribution in [0.1, 0.15) is 0 Å². The van der Waals surface area contributed by atoms with Crippen molar-refractivity contribution in [3.63, 3.8) is 0 Å². The van der Waals surface area contributed by atoms with Crippen molar-refractivity contribution >= 4 is 53.1 Å². The van der Waals surface area contributed by atoms with Crippen LogP contribution in [0.4, 0.5) is 0 Å². The number of nitrogens with zero attached hydrogens (tertiary/aromatic N) is 2. The van der Waals surface area contributed by atoms with Crippen LogP contribution in [0.5, 0.6) is 0 Å². The molecule has 0 N–H and O–H groups in total. The van der Waals surface area contributed by atoms with Crippen LogP contribution in [0.2, 0.25) is 0 Å². The average molecular weight is 667 g/mol. The molecule has 2 heterocycles. The maximum Gasteiger partial charge on any atom is 0.161 e. The quantitative estimate of drug-likeness (QED) is 0.183. The standard InChI is InChI=1S/C48H30N2S/c1-2-14-33(15-3-1)44-30-45(50-48(49-44)43-22-11-17-32-13-5-7-19-39(32)43)37-27-35(26-36(28-37)40-21-10-16-31-12-4-6-18-38(31)40)34-24-25-42-41-20-8-9-23-46(41)51-47(42)29-34/h1-30H. The van der Waals surface area contributed by atoms with Gasteiger partial charge in [-0.05, 0) is 80.2 Å². The summed E-state index contributed by atoms with van der Waals surface area (Å²) in [7, 11) is 0. The minimum atomic E-state index is 0.715. The molecule has 0 saturated carbocycles. The summed E-state index contributed by atoms with van der Waals surface area (Å²) in [5, 5.41) is 7.37. The van der Waals surface area contributed by atoms with Crippen LogP contribution in [-0.4, -0.2) is 9.97 Å². The lowest BCUT2D eigenvalue weighted by Crippen LogP contribution is -1.97. The second-order valence-corrected chi connectivity index (χ2v) is 14.1. The molecule has 8 aromatic carbocycles. The van der Waals surface area contributed by atoms with Crippen LogP contribution in [-0.2, 0) is 0 Å². The summed E-state index contributed by atoms with van der Waals surface area (Å²) in [6.07, 6.45) is 0. The molecule has 51 heavy (non-hydrogen) atoms. The largest absolute Gasteiger partial charge is 0.228 e. The fourth-order valence-corrected chi connectivity index (χ4v) is 8.52. The molecule has 0 aliphatic heterocycles. The summed E-state index contributed by atoms with van der Waals surface area (Å²) < 4.78 is 2.60. The molecule has 0 atom stereocenters. The summed E-state index contributed by atoms with van der Waals surface area (Å²) in [6, 6.07) is 65.1. The van der Waals surface area contributed by atoms with Gasteiger partial charge in [-0.1, -0.05) is 146 Å². The van der Waals surface area contributed by atoms with Gasteiger partial charge in [0.15, 0.2) is 5.82 Å². The maximum atomic E-state index is 5.35. The van der Waals surface area contributed by atoms with Gasteiger partial charge in [-0.25, -0.2) is 9.97 Å². The van der Waals surface area contributed by atoms with E-state index in [2.05, 4.69) is 176 Å². The molecular weight excluding hydrogens is 637 g/mol. The minimum absolute atomic E-state index is 0.715. The summed E-state index contributed by atoms with van der Waals surface area (Å²) in [4.78, 5) is 10.5. The van der Waals surface area contributed by atoms with E-state index in [-0.39, 0.29) is 0 Å². The van der Waals surface area contributed by atoms with Crippen LogP contribution in [0.3, 0.4) is 0 Å². The molecule has 0 unspecified atom stereocenters. The van der Waals surface area contributed by atoms with Crippen LogP contribution < -0.4 is 0 Å². The number of aromatic nitrogens is 2. The number of rotatable bonds is 5. The van der Waals surface area contributed by atoms with E-state index in [1.807, 2.05) is 17.4 Å². The molecule has 0 spiro atoms. The van der Waals surface area contributed by atoms with Gasteiger partial charge in [0.05, 0.1) is 11.4 Å². The lowest BCUT2D eigenvalue weighted by molar-refractivity contribution is 1.19. The van der Waals surface area contributed by atoms with Crippen molar-refractivity contribution < 1.29 is 0 Å². The van der Waals surface area contributed by atoms with Crippen molar-refractivity contribution in [1.29, 1.82) is 0 Å². The Balaban J connectivity index is 1.23. The molecule has 0 aliphatic carbocycles. The monoisotopic (exact) mass is 666 g/mol. The predicted octanol–water partition coefficient (Wildman–Crippen LogP) is 13.5. The van der Waals surface area contributed by atoms with Crippen LogP contribution in [0.15, 0.2) is 182 Å². The van der Waals surface area contributed by atoms with E-state index in [4.69, 9.17) is 9.97 Å². The Labute approximate surface area is 300 Å². The van der Waals surface area contributed by atoms with Crippen LogP contribution >= 0.6 is 11.3 Å². The molecule has 238 valence electrons. The number of fused-ring (bicyclic) bond motifs is 5. The van der Waals surface area contributed by atoms with Crippen molar-refractivity contribution in [2.24, 2.45) is 0 Å². The normalized spacial score (nSPS) is 11.5. The van der Waals surface area contributed by atoms with Crippen molar-refractivity contribution in [2.45, 2.75) is 0 Å². The van der Waals surface area contributed by atoms with Crippen molar-refractivity contribution in [2.75, 3.05) is 0 Å². The summed E-state index contributed by atoms with van der Waals surface area (Å²) in [6.45, 7) is 0. The molecule has 2 nitrogen and oxygen atoms in total. The van der Waals surface area contributed by atoms with Crippen LogP contribution in [0, 0.1) is 0 Å². The molecule has 0 aliphatic rings. The van der Waals surface area contributed by atoms with Gasteiger partial charge in [-0.15, -0.1) is 11.3 Å². The highest BCUT2D eigenvalue weighted by molar-refractivity contribution is 7.25.